The number of nitrogens with zero attached hydrogens (tertiary/aromatic N) is 3. The minimum absolute atomic E-state index is 0.0513. The molecule has 1 aromatic rings. The van der Waals surface area contributed by atoms with Crippen molar-refractivity contribution in [1.82, 2.24) is 15.2 Å². The topological polar surface area (TPSA) is 132 Å². The van der Waals surface area contributed by atoms with Crippen molar-refractivity contribution >= 4 is 33.4 Å². The van der Waals surface area contributed by atoms with Gasteiger partial charge in [-0.05, 0) is 0 Å². The van der Waals surface area contributed by atoms with E-state index in [1.807, 2.05) is 5.32 Å². The van der Waals surface area contributed by atoms with Crippen molar-refractivity contribution < 1.29 is 45.4 Å². The second kappa shape index (κ2) is 10.7. The molecule has 190 valence electrons. The molecule has 16 heteroatoms. The Balaban J connectivity index is 1.70. The highest BCUT2D eigenvalue weighted by molar-refractivity contribution is 7.89. The lowest BCUT2D eigenvalue weighted by molar-refractivity contribution is -0.132. The number of halogens is 4. The highest BCUT2D eigenvalue weighted by Gasteiger charge is 2.35. The van der Waals surface area contributed by atoms with Gasteiger partial charge in [-0.2, -0.15) is 8.78 Å². The second-order valence-corrected chi connectivity index (χ2v) is 9.44. The van der Waals surface area contributed by atoms with Gasteiger partial charge in [-0.15, -0.1) is 4.41 Å². The zero-order chi connectivity index (χ0) is 25.0. The summed E-state index contributed by atoms with van der Waals surface area (Å²) in [5.74, 6) is -4.06. The molecule has 2 aliphatic heterocycles. The summed E-state index contributed by atoms with van der Waals surface area (Å²) >= 11 is 0. The molecule has 34 heavy (non-hydrogen) atoms. The zero-order valence-corrected chi connectivity index (χ0v) is 18.5. The van der Waals surface area contributed by atoms with Crippen LogP contribution >= 0.6 is 0 Å². The van der Waals surface area contributed by atoms with Gasteiger partial charge < -0.3 is 20.1 Å². The van der Waals surface area contributed by atoms with E-state index >= 15 is 0 Å². The molecule has 2 aliphatic rings. The molecule has 11 nitrogen and oxygen atoms in total. The Morgan fingerprint density at radius 1 is 1.24 bits per heavy atom. The number of alkyl halides is 2. The van der Waals surface area contributed by atoms with Gasteiger partial charge in [-0.1, -0.05) is 0 Å². The van der Waals surface area contributed by atoms with Crippen LogP contribution in [0.25, 0.3) is 0 Å². The molecule has 2 fully saturated rings. The van der Waals surface area contributed by atoms with E-state index in [0.717, 1.165) is 21.4 Å². The summed E-state index contributed by atoms with van der Waals surface area (Å²) in [7, 11) is -3.79. The normalized spacial score (nSPS) is 19.9. The number of cyclic esters (lactones) is 1. The predicted molar refractivity (Wildman–Crippen MR) is 111 cm³/mol. The maximum absolute atomic E-state index is 14.9. The third kappa shape index (κ3) is 5.86. The number of nitrogens with one attached hydrogen (secondary N) is 2. The van der Waals surface area contributed by atoms with E-state index in [4.69, 9.17) is 9.84 Å². The molecule has 0 bridgehead atoms. The molecular formula is C18H23F4N5O6S. The van der Waals surface area contributed by atoms with E-state index in [9.17, 15) is 35.6 Å². The van der Waals surface area contributed by atoms with Crippen LogP contribution in [0.15, 0.2) is 12.1 Å². The number of aliphatic hydroxyl groups excluding tert-OH is 1. The molecule has 0 unspecified atom stereocenters. The monoisotopic (exact) mass is 513 g/mol. The number of carbonyl (C=O) groups excluding carboxylic acids is 2. The summed E-state index contributed by atoms with van der Waals surface area (Å²) < 4.78 is 84.5. The third-order valence-corrected chi connectivity index (χ3v) is 6.82. The van der Waals surface area contributed by atoms with Gasteiger partial charge in [0.25, 0.3) is 5.91 Å². The van der Waals surface area contributed by atoms with Crippen LogP contribution in [0.2, 0.25) is 0 Å². The van der Waals surface area contributed by atoms with Crippen molar-refractivity contribution in [2.45, 2.75) is 12.5 Å². The van der Waals surface area contributed by atoms with Crippen LogP contribution in [-0.2, 0) is 19.6 Å². The van der Waals surface area contributed by atoms with Crippen LogP contribution in [0.4, 0.5) is 33.7 Å². The Bertz CT molecular complexity index is 1010. The Hall–Kier alpha value is -2.69. The lowest BCUT2D eigenvalue weighted by Crippen LogP contribution is -2.45. The number of anilines is 2. The second-order valence-electron chi connectivity index (χ2n) is 7.43. The van der Waals surface area contributed by atoms with E-state index in [1.165, 1.54) is 4.90 Å². The lowest BCUT2D eigenvalue weighted by Gasteiger charge is -2.25. The fourth-order valence-electron chi connectivity index (χ4n) is 3.54. The van der Waals surface area contributed by atoms with Crippen LogP contribution in [0, 0.1) is 11.6 Å². The van der Waals surface area contributed by atoms with E-state index in [2.05, 4.69) is 5.43 Å². The standard InChI is InChI=1S/C18H23F4N5O6S/c19-13-7-11(26-10-12(33-18(26)30)9-23-17(29)16(21)22)8-14(20)15(13)25-2-1-24-27(4-3-25)34(31,32)6-5-28/h7-8,12,16,24,28H,1-6,9-10H2,(H,23,29)/t12-/m0/s1. The number of hydrogen-bond acceptors (Lipinski definition) is 8. The fraction of sp³-hybridized carbons (Fsp3) is 0.556. The number of sulfonamides is 1. The Kier molecular flexibility index (Phi) is 8.17. The molecule has 0 saturated carbocycles. The van der Waals surface area contributed by atoms with Gasteiger partial charge in [0.05, 0.1) is 31.1 Å². The van der Waals surface area contributed by atoms with E-state index in [-0.39, 0.29) is 38.4 Å². The minimum Gasteiger partial charge on any atom is -0.442 e. The van der Waals surface area contributed by atoms with Crippen molar-refractivity contribution in [3.63, 3.8) is 0 Å². The maximum Gasteiger partial charge on any atom is 0.414 e. The van der Waals surface area contributed by atoms with Crippen molar-refractivity contribution in [3.8, 4) is 0 Å². The molecule has 0 aliphatic carbocycles. The molecule has 2 heterocycles. The molecule has 1 atom stereocenters. The summed E-state index contributed by atoms with van der Waals surface area (Å²) in [6, 6.07) is 1.80. The summed E-state index contributed by atoms with van der Waals surface area (Å²) in [6.45, 7) is -1.27. The number of carbonyl (C=O) groups is 2. The van der Waals surface area contributed by atoms with Crippen LogP contribution in [0.5, 0.6) is 0 Å². The Morgan fingerprint density at radius 3 is 2.53 bits per heavy atom. The van der Waals surface area contributed by atoms with Gasteiger partial charge in [0.2, 0.25) is 10.0 Å². The molecule has 0 aromatic heterocycles. The van der Waals surface area contributed by atoms with Gasteiger partial charge in [-0.3, -0.25) is 9.69 Å². The number of benzene rings is 1. The predicted octanol–water partition coefficient (Wildman–Crippen LogP) is -0.380. The van der Waals surface area contributed by atoms with Crippen molar-refractivity contribution in [2.75, 3.05) is 61.4 Å². The molecule has 2 saturated heterocycles. The summed E-state index contributed by atoms with van der Waals surface area (Å²) in [5, 5.41) is 10.8. The molecule has 0 spiro atoms. The number of aliphatic hydroxyl groups is 1. The van der Waals surface area contributed by atoms with Crippen molar-refractivity contribution in [3.05, 3.63) is 23.8 Å². The molecule has 3 rings (SSSR count). The number of amides is 2. The minimum atomic E-state index is -3.79. The largest absolute Gasteiger partial charge is 0.442 e. The van der Waals surface area contributed by atoms with E-state index in [1.54, 1.807) is 0 Å². The van der Waals surface area contributed by atoms with Gasteiger partial charge in [-0.25, -0.2) is 27.4 Å². The quantitative estimate of drug-likeness (QED) is 0.401. The summed E-state index contributed by atoms with van der Waals surface area (Å²) in [4.78, 5) is 25.3. The maximum atomic E-state index is 14.9. The number of ether oxygens (including phenoxy) is 1. The SMILES string of the molecule is O=C(NC[C@H]1CN(c2cc(F)c(N3CCNN(S(=O)(=O)CCO)CC3)c(F)c2)C(=O)O1)C(F)F. The Labute approximate surface area is 192 Å². The van der Waals surface area contributed by atoms with Gasteiger partial charge in [0.15, 0.2) is 11.6 Å². The first-order valence-corrected chi connectivity index (χ1v) is 11.8. The first-order valence-electron chi connectivity index (χ1n) is 10.2. The first kappa shape index (κ1) is 25.9. The average molecular weight is 513 g/mol. The first-order chi connectivity index (χ1) is 16.0. The van der Waals surface area contributed by atoms with Crippen molar-refractivity contribution in [1.29, 1.82) is 0 Å². The van der Waals surface area contributed by atoms with Crippen LogP contribution in [0.1, 0.15) is 0 Å². The smallest absolute Gasteiger partial charge is 0.414 e. The molecule has 0 radical (unpaired) electrons. The molecule has 2 amide bonds. The summed E-state index contributed by atoms with van der Waals surface area (Å²) in [6.07, 6.45) is -5.20. The number of hydrogen-bond donors (Lipinski definition) is 3. The number of hydrazine groups is 1. The number of rotatable bonds is 8. The molecule has 1 aromatic carbocycles. The van der Waals surface area contributed by atoms with Crippen molar-refractivity contribution in [2.24, 2.45) is 0 Å². The van der Waals surface area contributed by atoms with Gasteiger partial charge >= 0.3 is 12.5 Å². The average Bonchev–Trinajstić information content (AvgIpc) is 2.95. The molecule has 3 N–H and O–H groups in total. The van der Waals surface area contributed by atoms with E-state index < -0.39 is 70.8 Å². The zero-order valence-electron chi connectivity index (χ0n) is 17.7. The molecular weight excluding hydrogens is 490 g/mol. The third-order valence-electron chi connectivity index (χ3n) is 5.13. The lowest BCUT2D eigenvalue weighted by atomic mass is 10.2. The summed E-state index contributed by atoms with van der Waals surface area (Å²) in [5.41, 5.74) is 2.05. The fourth-order valence-corrected chi connectivity index (χ4v) is 4.64. The van der Waals surface area contributed by atoms with Gasteiger partial charge in [0.1, 0.15) is 11.8 Å². The van der Waals surface area contributed by atoms with Crippen LogP contribution < -0.4 is 20.5 Å². The van der Waals surface area contributed by atoms with Crippen LogP contribution in [-0.4, -0.2) is 94.1 Å². The highest BCUT2D eigenvalue weighted by Crippen LogP contribution is 2.31. The van der Waals surface area contributed by atoms with E-state index in [0.29, 0.717) is 0 Å². The van der Waals surface area contributed by atoms with Gasteiger partial charge in [0, 0.05) is 38.3 Å². The highest BCUT2D eigenvalue weighted by atomic mass is 32.2. The van der Waals surface area contributed by atoms with Crippen LogP contribution in [0.3, 0.4) is 0 Å². The Morgan fingerprint density at radius 2 is 1.91 bits per heavy atom.